The Balaban J connectivity index is 2.18. The maximum Gasteiger partial charge on any atom is 0.225 e. The molecule has 0 atom stereocenters. The number of hydrogen-bond acceptors (Lipinski definition) is 2. The van der Waals surface area contributed by atoms with Crippen molar-refractivity contribution in [2.24, 2.45) is 0 Å². The molecule has 1 saturated carbocycles. The average molecular weight is 154 g/mol. The van der Waals surface area contributed by atoms with Gasteiger partial charge >= 0.3 is 0 Å². The number of carbonyl (C=O) groups excluding carboxylic acids is 1. The summed E-state index contributed by atoms with van der Waals surface area (Å²) in [5.41, 5.74) is 0. The topological polar surface area (TPSA) is 53.0 Å². The Morgan fingerprint density at radius 2 is 2.18 bits per heavy atom. The van der Waals surface area contributed by atoms with Crippen LogP contribution in [0.5, 0.6) is 0 Å². The van der Waals surface area contributed by atoms with Crippen molar-refractivity contribution in [1.82, 2.24) is 5.32 Å². The smallest absolute Gasteiger partial charge is 0.225 e. The van der Waals surface area contributed by atoms with Crippen LogP contribution < -0.4 is 5.32 Å². The van der Waals surface area contributed by atoms with Crippen LogP contribution in [-0.4, -0.2) is 18.2 Å². The lowest BCUT2D eigenvalue weighted by Crippen LogP contribution is -2.32. The predicted octanol–water partition coefficient (Wildman–Crippen LogP) is 1.08. The molecule has 1 rings (SSSR count). The van der Waals surface area contributed by atoms with Gasteiger partial charge in [-0.3, -0.25) is 4.79 Å². The van der Waals surface area contributed by atoms with Gasteiger partial charge in [-0.05, 0) is 12.8 Å². The van der Waals surface area contributed by atoms with Crippen LogP contribution >= 0.6 is 0 Å². The van der Waals surface area contributed by atoms with Crippen molar-refractivity contribution in [2.75, 3.05) is 0 Å². The standard InChI is InChI=1S/C8H14N2O/c9-6-5-8(11)10-7-3-1-2-4-7/h6-7,9H,1-5H2,(H,10,11). The van der Waals surface area contributed by atoms with Crippen LogP contribution in [0.25, 0.3) is 0 Å². The van der Waals surface area contributed by atoms with Crippen molar-refractivity contribution >= 4 is 12.1 Å². The second-order valence-electron chi connectivity index (χ2n) is 2.96. The molecule has 1 fully saturated rings. The average Bonchev–Trinajstić information content (AvgIpc) is 2.40. The zero-order valence-electron chi connectivity index (χ0n) is 6.60. The van der Waals surface area contributed by atoms with Crippen LogP contribution in [0.1, 0.15) is 32.1 Å². The second-order valence-corrected chi connectivity index (χ2v) is 2.96. The van der Waals surface area contributed by atoms with E-state index >= 15 is 0 Å². The molecule has 0 aromatic carbocycles. The van der Waals surface area contributed by atoms with Crippen LogP contribution in [0.4, 0.5) is 0 Å². The molecule has 11 heavy (non-hydrogen) atoms. The predicted molar refractivity (Wildman–Crippen MR) is 43.8 cm³/mol. The summed E-state index contributed by atoms with van der Waals surface area (Å²) in [5.74, 6) is -0.00750. The fourth-order valence-electron chi connectivity index (χ4n) is 1.45. The first-order chi connectivity index (χ1) is 5.33. The van der Waals surface area contributed by atoms with Crippen molar-refractivity contribution in [2.45, 2.75) is 38.1 Å². The Labute approximate surface area is 66.7 Å². The molecule has 0 aromatic heterocycles. The first kappa shape index (κ1) is 8.24. The molecule has 0 spiro atoms. The summed E-state index contributed by atoms with van der Waals surface area (Å²) in [6.45, 7) is 0. The number of amides is 1. The van der Waals surface area contributed by atoms with Gasteiger partial charge in [0, 0.05) is 12.3 Å². The van der Waals surface area contributed by atoms with E-state index in [1.165, 1.54) is 12.8 Å². The minimum Gasteiger partial charge on any atom is -0.353 e. The van der Waals surface area contributed by atoms with Gasteiger partial charge in [-0.15, -0.1) is 0 Å². The van der Waals surface area contributed by atoms with Gasteiger partial charge in [-0.25, -0.2) is 0 Å². The van der Waals surface area contributed by atoms with Gasteiger partial charge in [0.05, 0.1) is 6.42 Å². The fraction of sp³-hybridized carbons (Fsp3) is 0.750. The highest BCUT2D eigenvalue weighted by Crippen LogP contribution is 2.17. The molecule has 62 valence electrons. The molecule has 0 aromatic rings. The Kier molecular flexibility index (Phi) is 3.08. The number of hydrogen-bond donors (Lipinski definition) is 2. The van der Waals surface area contributed by atoms with E-state index in [0.29, 0.717) is 6.04 Å². The molecule has 0 heterocycles. The Morgan fingerprint density at radius 1 is 1.55 bits per heavy atom. The molecular formula is C8H14N2O. The molecular weight excluding hydrogens is 140 g/mol. The van der Waals surface area contributed by atoms with Crippen LogP contribution in [0, 0.1) is 5.41 Å². The van der Waals surface area contributed by atoms with Crippen molar-refractivity contribution in [1.29, 1.82) is 5.41 Å². The van der Waals surface area contributed by atoms with Crippen LogP contribution in [0.15, 0.2) is 0 Å². The maximum absolute atomic E-state index is 10.9. The van der Waals surface area contributed by atoms with Crippen LogP contribution in [0.3, 0.4) is 0 Å². The maximum atomic E-state index is 10.9. The monoisotopic (exact) mass is 154 g/mol. The third kappa shape index (κ3) is 2.70. The van der Waals surface area contributed by atoms with Gasteiger partial charge in [0.1, 0.15) is 0 Å². The Morgan fingerprint density at radius 3 is 2.73 bits per heavy atom. The highest BCUT2D eigenvalue weighted by Gasteiger charge is 2.15. The quantitative estimate of drug-likeness (QED) is 0.587. The fourth-order valence-corrected chi connectivity index (χ4v) is 1.45. The van der Waals surface area contributed by atoms with Crippen LogP contribution in [-0.2, 0) is 4.79 Å². The van der Waals surface area contributed by atoms with Crippen molar-refractivity contribution in [3.8, 4) is 0 Å². The first-order valence-corrected chi connectivity index (χ1v) is 4.11. The van der Waals surface area contributed by atoms with E-state index in [0.717, 1.165) is 19.1 Å². The molecule has 1 amide bonds. The lowest BCUT2D eigenvalue weighted by molar-refractivity contribution is -0.120. The van der Waals surface area contributed by atoms with Gasteiger partial charge < -0.3 is 10.7 Å². The number of rotatable bonds is 3. The number of nitrogens with one attached hydrogen (secondary N) is 2. The molecule has 0 bridgehead atoms. The van der Waals surface area contributed by atoms with Gasteiger partial charge in [0.15, 0.2) is 0 Å². The van der Waals surface area contributed by atoms with Gasteiger partial charge in [-0.1, -0.05) is 12.8 Å². The molecule has 0 saturated heterocycles. The summed E-state index contributed by atoms with van der Waals surface area (Å²) in [6, 6.07) is 0.391. The summed E-state index contributed by atoms with van der Waals surface area (Å²) in [7, 11) is 0. The van der Waals surface area contributed by atoms with Crippen molar-refractivity contribution in [3.63, 3.8) is 0 Å². The zero-order chi connectivity index (χ0) is 8.10. The molecule has 0 unspecified atom stereocenters. The minimum atomic E-state index is -0.00750. The Bertz CT molecular complexity index is 150. The highest BCUT2D eigenvalue weighted by molar-refractivity contribution is 5.88. The third-order valence-electron chi connectivity index (χ3n) is 2.01. The molecule has 0 radical (unpaired) electrons. The molecule has 3 nitrogen and oxygen atoms in total. The van der Waals surface area contributed by atoms with E-state index in [2.05, 4.69) is 5.32 Å². The lowest BCUT2D eigenvalue weighted by Gasteiger charge is -2.09. The van der Waals surface area contributed by atoms with Gasteiger partial charge in [0.25, 0.3) is 0 Å². The summed E-state index contributed by atoms with van der Waals surface area (Å²) in [6.07, 6.45) is 6.07. The normalized spacial score (nSPS) is 18.2. The van der Waals surface area contributed by atoms with Gasteiger partial charge in [-0.2, -0.15) is 0 Å². The van der Waals surface area contributed by atoms with Crippen LogP contribution in [0.2, 0.25) is 0 Å². The third-order valence-corrected chi connectivity index (χ3v) is 2.01. The molecule has 2 N–H and O–H groups in total. The summed E-state index contributed by atoms with van der Waals surface area (Å²) in [4.78, 5) is 10.9. The Hall–Kier alpha value is -0.860. The van der Waals surface area contributed by atoms with Gasteiger partial charge in [0.2, 0.25) is 5.91 Å². The van der Waals surface area contributed by atoms with E-state index in [-0.39, 0.29) is 12.3 Å². The molecule has 3 heteroatoms. The van der Waals surface area contributed by atoms with Crippen molar-refractivity contribution in [3.05, 3.63) is 0 Å². The lowest BCUT2D eigenvalue weighted by atomic mass is 10.2. The SMILES string of the molecule is N=CCC(=O)NC1CCCC1. The molecule has 1 aliphatic carbocycles. The highest BCUT2D eigenvalue weighted by atomic mass is 16.1. The minimum absolute atomic E-state index is 0.00750. The first-order valence-electron chi connectivity index (χ1n) is 4.11. The van der Waals surface area contributed by atoms with E-state index in [1.54, 1.807) is 0 Å². The van der Waals surface area contributed by atoms with Crippen molar-refractivity contribution < 1.29 is 4.79 Å². The van der Waals surface area contributed by atoms with E-state index in [4.69, 9.17) is 5.41 Å². The summed E-state index contributed by atoms with van der Waals surface area (Å²) in [5, 5.41) is 9.61. The zero-order valence-corrected chi connectivity index (χ0v) is 6.60. The molecule has 0 aliphatic heterocycles. The largest absolute Gasteiger partial charge is 0.353 e. The summed E-state index contributed by atoms with van der Waals surface area (Å²) < 4.78 is 0. The van der Waals surface area contributed by atoms with E-state index in [1.807, 2.05) is 0 Å². The molecule has 1 aliphatic rings. The number of carbonyl (C=O) groups is 1. The second kappa shape index (κ2) is 4.11. The van der Waals surface area contributed by atoms with E-state index in [9.17, 15) is 4.79 Å². The van der Waals surface area contributed by atoms with E-state index < -0.39 is 0 Å². The summed E-state index contributed by atoms with van der Waals surface area (Å²) >= 11 is 0.